The molecule has 1 spiro atoms. The minimum absolute atomic E-state index is 0.0600. The quantitative estimate of drug-likeness (QED) is 0.741. The average Bonchev–Trinajstić information content (AvgIpc) is 3.00. The Morgan fingerprint density at radius 3 is 2.92 bits per heavy atom. The van der Waals surface area contributed by atoms with Crippen LogP contribution in [0.15, 0.2) is 30.5 Å². The first kappa shape index (κ1) is 14.7. The Kier molecular flexibility index (Phi) is 3.30. The molecule has 4 rings (SSSR count). The standard InChI is InChI=1S/C17H19N5O2/c1-11-13(9-18-21-11)16(24)22-8-4-7-17(10-22)19-14-6-3-2-5-12(14)15(23)20-17/h2-3,5-6,9,19H,4,7-8,10H2,1H3,(H,18,21)(H,20,23)/t17-/m0/s1. The monoisotopic (exact) mass is 325 g/mol. The molecular formula is C17H19N5O2. The molecule has 0 saturated carbocycles. The van der Waals surface area contributed by atoms with E-state index in [1.165, 1.54) is 0 Å². The number of carbonyl (C=O) groups is 2. The van der Waals surface area contributed by atoms with E-state index in [0.717, 1.165) is 24.2 Å². The van der Waals surface area contributed by atoms with Crippen LogP contribution in [0, 0.1) is 6.92 Å². The number of benzene rings is 1. The highest BCUT2D eigenvalue weighted by atomic mass is 16.2. The molecule has 0 radical (unpaired) electrons. The Hall–Kier alpha value is -2.83. The summed E-state index contributed by atoms with van der Waals surface area (Å²) in [5, 5.41) is 13.2. The Balaban J connectivity index is 1.60. The number of nitrogens with zero attached hydrogens (tertiary/aromatic N) is 2. The summed E-state index contributed by atoms with van der Waals surface area (Å²) in [4.78, 5) is 27.0. The summed E-state index contributed by atoms with van der Waals surface area (Å²) in [5.41, 5.74) is 2.17. The molecule has 1 atom stereocenters. The minimum atomic E-state index is -0.614. The number of fused-ring (bicyclic) bond motifs is 1. The average molecular weight is 325 g/mol. The van der Waals surface area contributed by atoms with Crippen LogP contribution in [-0.2, 0) is 0 Å². The largest absolute Gasteiger partial charge is 0.361 e. The second kappa shape index (κ2) is 5.36. The number of aryl methyl sites for hydroxylation is 1. The number of nitrogens with one attached hydrogen (secondary N) is 3. The van der Waals surface area contributed by atoms with Crippen LogP contribution >= 0.6 is 0 Å². The first-order valence-corrected chi connectivity index (χ1v) is 8.07. The zero-order valence-corrected chi connectivity index (χ0v) is 13.4. The van der Waals surface area contributed by atoms with Crippen molar-refractivity contribution in [2.45, 2.75) is 25.4 Å². The molecule has 2 aromatic rings. The van der Waals surface area contributed by atoms with E-state index in [4.69, 9.17) is 0 Å². The van der Waals surface area contributed by atoms with Gasteiger partial charge in [0.2, 0.25) is 0 Å². The predicted molar refractivity (Wildman–Crippen MR) is 88.7 cm³/mol. The number of para-hydroxylation sites is 1. The fourth-order valence-corrected chi connectivity index (χ4v) is 3.53. The van der Waals surface area contributed by atoms with E-state index in [0.29, 0.717) is 24.2 Å². The fraction of sp³-hybridized carbons (Fsp3) is 0.353. The Bertz CT molecular complexity index is 815. The van der Waals surface area contributed by atoms with Crippen molar-refractivity contribution in [3.63, 3.8) is 0 Å². The van der Waals surface area contributed by atoms with Gasteiger partial charge in [0.25, 0.3) is 11.8 Å². The van der Waals surface area contributed by atoms with Crippen LogP contribution in [0.5, 0.6) is 0 Å². The van der Waals surface area contributed by atoms with Crippen LogP contribution in [0.3, 0.4) is 0 Å². The van der Waals surface area contributed by atoms with Gasteiger partial charge in [-0.1, -0.05) is 12.1 Å². The Morgan fingerprint density at radius 1 is 1.29 bits per heavy atom. The molecule has 1 aromatic carbocycles. The number of aromatic nitrogens is 2. The van der Waals surface area contributed by atoms with Gasteiger partial charge in [-0.2, -0.15) is 5.10 Å². The molecule has 2 aliphatic rings. The molecule has 3 N–H and O–H groups in total. The van der Waals surface area contributed by atoms with E-state index in [-0.39, 0.29) is 11.8 Å². The molecule has 0 aliphatic carbocycles. The van der Waals surface area contributed by atoms with Gasteiger partial charge in [0, 0.05) is 17.9 Å². The lowest BCUT2D eigenvalue weighted by atomic mass is 9.93. The van der Waals surface area contributed by atoms with Gasteiger partial charge in [-0.25, -0.2) is 0 Å². The molecule has 0 unspecified atom stereocenters. The maximum Gasteiger partial charge on any atom is 0.257 e. The summed E-state index contributed by atoms with van der Waals surface area (Å²) < 4.78 is 0. The van der Waals surface area contributed by atoms with Crippen LogP contribution in [0.2, 0.25) is 0 Å². The molecule has 7 nitrogen and oxygen atoms in total. The van der Waals surface area contributed by atoms with Crippen LogP contribution < -0.4 is 10.6 Å². The number of H-pyrrole nitrogens is 1. The summed E-state index contributed by atoms with van der Waals surface area (Å²) in [6.45, 7) is 2.93. The van der Waals surface area contributed by atoms with Gasteiger partial charge in [-0.05, 0) is 31.9 Å². The van der Waals surface area contributed by atoms with Crippen molar-refractivity contribution in [2.75, 3.05) is 18.4 Å². The van der Waals surface area contributed by atoms with Crippen molar-refractivity contribution in [1.82, 2.24) is 20.4 Å². The number of rotatable bonds is 1. The van der Waals surface area contributed by atoms with E-state index in [2.05, 4.69) is 20.8 Å². The number of hydrogen-bond acceptors (Lipinski definition) is 4. The number of likely N-dealkylation sites (tertiary alicyclic amines) is 1. The van der Waals surface area contributed by atoms with Gasteiger partial charge in [-0.3, -0.25) is 14.7 Å². The number of carbonyl (C=O) groups excluding carboxylic acids is 2. The Morgan fingerprint density at radius 2 is 2.12 bits per heavy atom. The van der Waals surface area contributed by atoms with E-state index in [1.54, 1.807) is 17.2 Å². The Labute approximate surface area is 139 Å². The van der Waals surface area contributed by atoms with Gasteiger partial charge in [-0.15, -0.1) is 0 Å². The van der Waals surface area contributed by atoms with E-state index < -0.39 is 5.66 Å². The topological polar surface area (TPSA) is 90.1 Å². The normalized spacial score (nSPS) is 22.7. The molecule has 0 bridgehead atoms. The van der Waals surface area contributed by atoms with Crippen LogP contribution in [0.4, 0.5) is 5.69 Å². The summed E-state index contributed by atoms with van der Waals surface area (Å²) in [6.07, 6.45) is 3.15. The van der Waals surface area contributed by atoms with E-state index in [1.807, 2.05) is 25.1 Å². The predicted octanol–water partition coefficient (Wildman–Crippen LogP) is 1.51. The summed E-state index contributed by atoms with van der Waals surface area (Å²) in [6, 6.07) is 7.44. The highest BCUT2D eigenvalue weighted by Crippen LogP contribution is 2.31. The third kappa shape index (κ3) is 2.33. The maximum atomic E-state index is 12.8. The molecule has 3 heterocycles. The number of amides is 2. The van der Waals surface area contributed by atoms with Gasteiger partial charge >= 0.3 is 0 Å². The second-order valence-electron chi connectivity index (χ2n) is 6.45. The number of piperidine rings is 1. The zero-order chi connectivity index (χ0) is 16.7. The molecule has 7 heteroatoms. The highest BCUT2D eigenvalue weighted by Gasteiger charge is 2.42. The highest BCUT2D eigenvalue weighted by molar-refractivity contribution is 6.02. The van der Waals surface area contributed by atoms with Crippen molar-refractivity contribution in [3.05, 3.63) is 47.3 Å². The van der Waals surface area contributed by atoms with Crippen molar-refractivity contribution in [1.29, 1.82) is 0 Å². The number of hydrogen-bond donors (Lipinski definition) is 3. The summed E-state index contributed by atoms with van der Waals surface area (Å²) in [5.74, 6) is -0.159. The van der Waals surface area contributed by atoms with Gasteiger partial charge in [0.1, 0.15) is 5.66 Å². The molecule has 1 aromatic heterocycles. The first-order chi connectivity index (χ1) is 11.6. The SMILES string of the molecule is Cc1[nH]ncc1C(=O)N1CCC[C@@]2(C1)NC(=O)c1ccccc1N2. The molecule has 2 amide bonds. The summed E-state index contributed by atoms with van der Waals surface area (Å²) in [7, 11) is 0. The molecule has 1 saturated heterocycles. The smallest absolute Gasteiger partial charge is 0.257 e. The van der Waals surface area contributed by atoms with Crippen molar-refractivity contribution >= 4 is 17.5 Å². The number of anilines is 1. The van der Waals surface area contributed by atoms with Gasteiger partial charge < -0.3 is 15.5 Å². The first-order valence-electron chi connectivity index (χ1n) is 8.07. The molecular weight excluding hydrogens is 306 g/mol. The lowest BCUT2D eigenvalue weighted by Gasteiger charge is -2.46. The summed E-state index contributed by atoms with van der Waals surface area (Å²) >= 11 is 0. The molecule has 24 heavy (non-hydrogen) atoms. The van der Waals surface area contributed by atoms with Crippen molar-refractivity contribution in [3.8, 4) is 0 Å². The van der Waals surface area contributed by atoms with Crippen LogP contribution in [-0.4, -0.2) is 45.7 Å². The molecule has 2 aliphatic heterocycles. The third-order valence-electron chi connectivity index (χ3n) is 4.74. The fourth-order valence-electron chi connectivity index (χ4n) is 3.53. The maximum absolute atomic E-state index is 12.8. The van der Waals surface area contributed by atoms with Crippen molar-refractivity contribution in [2.24, 2.45) is 0 Å². The van der Waals surface area contributed by atoms with Gasteiger partial charge in [0.15, 0.2) is 0 Å². The van der Waals surface area contributed by atoms with Crippen LogP contribution in [0.25, 0.3) is 0 Å². The van der Waals surface area contributed by atoms with Gasteiger partial charge in [0.05, 0.1) is 23.9 Å². The number of aromatic amines is 1. The zero-order valence-electron chi connectivity index (χ0n) is 13.4. The second-order valence-corrected chi connectivity index (χ2v) is 6.45. The lowest BCUT2D eigenvalue weighted by molar-refractivity contribution is 0.0592. The van der Waals surface area contributed by atoms with E-state index in [9.17, 15) is 9.59 Å². The van der Waals surface area contributed by atoms with E-state index >= 15 is 0 Å². The van der Waals surface area contributed by atoms with Crippen LogP contribution in [0.1, 0.15) is 39.3 Å². The molecule has 124 valence electrons. The minimum Gasteiger partial charge on any atom is -0.361 e. The lowest BCUT2D eigenvalue weighted by Crippen LogP contribution is -2.66. The van der Waals surface area contributed by atoms with Crippen molar-refractivity contribution < 1.29 is 9.59 Å². The molecule has 1 fully saturated rings. The third-order valence-corrected chi connectivity index (χ3v) is 4.74.